The Kier molecular flexibility index (Phi) is 25.7. The first kappa shape index (κ1) is 28.8. The summed E-state index contributed by atoms with van der Waals surface area (Å²) in [5.74, 6) is 0. The molecular formula is C24H50O5. The molecule has 0 spiro atoms. The van der Waals surface area contributed by atoms with Crippen LogP contribution in [-0.2, 0) is 18.9 Å². The molecule has 0 heterocycles. The van der Waals surface area contributed by atoms with Gasteiger partial charge in [0.1, 0.15) is 0 Å². The molecule has 0 aliphatic heterocycles. The number of rotatable bonds is 25. The Hall–Kier alpha value is -0.200. The minimum atomic E-state index is 0.0570. The van der Waals surface area contributed by atoms with Crippen LogP contribution in [0.1, 0.15) is 97.3 Å². The first-order chi connectivity index (χ1) is 14.3. The molecule has 0 saturated carbocycles. The smallest absolute Gasteiger partial charge is 0.0704 e. The van der Waals surface area contributed by atoms with Crippen molar-refractivity contribution < 1.29 is 24.1 Å². The van der Waals surface area contributed by atoms with Gasteiger partial charge in [-0.25, -0.2) is 0 Å². The van der Waals surface area contributed by atoms with Crippen molar-refractivity contribution in [3.05, 3.63) is 0 Å². The molecule has 0 rings (SSSR count). The van der Waals surface area contributed by atoms with Crippen molar-refractivity contribution in [2.75, 3.05) is 52.9 Å². The highest BCUT2D eigenvalue weighted by molar-refractivity contribution is 4.59. The van der Waals surface area contributed by atoms with Crippen molar-refractivity contribution in [2.24, 2.45) is 0 Å². The van der Waals surface area contributed by atoms with E-state index in [0.29, 0.717) is 52.4 Å². The van der Waals surface area contributed by atoms with E-state index in [1.54, 1.807) is 0 Å². The van der Waals surface area contributed by atoms with E-state index in [-0.39, 0.29) is 6.61 Å². The van der Waals surface area contributed by atoms with E-state index in [0.717, 1.165) is 0 Å². The zero-order valence-corrected chi connectivity index (χ0v) is 19.5. The van der Waals surface area contributed by atoms with Crippen LogP contribution in [0.15, 0.2) is 0 Å². The first-order valence-electron chi connectivity index (χ1n) is 12.3. The van der Waals surface area contributed by atoms with E-state index < -0.39 is 0 Å². The lowest BCUT2D eigenvalue weighted by atomic mass is 10.0. The molecular weight excluding hydrogens is 368 g/mol. The van der Waals surface area contributed by atoms with E-state index in [4.69, 9.17) is 24.1 Å². The normalized spacial score (nSPS) is 12.5. The molecule has 5 heteroatoms. The molecule has 0 radical (unpaired) electrons. The lowest BCUT2D eigenvalue weighted by molar-refractivity contribution is -0.0245. The average Bonchev–Trinajstić information content (AvgIpc) is 2.74. The minimum absolute atomic E-state index is 0.0570. The molecule has 0 aliphatic rings. The number of hydrogen-bond acceptors (Lipinski definition) is 5. The largest absolute Gasteiger partial charge is 0.394 e. The van der Waals surface area contributed by atoms with Gasteiger partial charge >= 0.3 is 0 Å². The van der Waals surface area contributed by atoms with Gasteiger partial charge in [-0.05, 0) is 12.8 Å². The van der Waals surface area contributed by atoms with Crippen LogP contribution in [0, 0.1) is 0 Å². The molecule has 0 saturated heterocycles. The van der Waals surface area contributed by atoms with Crippen LogP contribution in [0.5, 0.6) is 0 Å². The maximum Gasteiger partial charge on any atom is 0.0704 e. The zero-order valence-electron chi connectivity index (χ0n) is 19.5. The third-order valence-electron chi connectivity index (χ3n) is 5.07. The van der Waals surface area contributed by atoms with E-state index in [1.807, 2.05) is 0 Å². The highest BCUT2D eigenvalue weighted by atomic mass is 16.6. The van der Waals surface area contributed by atoms with Crippen molar-refractivity contribution in [3.8, 4) is 0 Å². The molecule has 0 aromatic carbocycles. The summed E-state index contributed by atoms with van der Waals surface area (Å²) < 4.78 is 22.2. The van der Waals surface area contributed by atoms with Gasteiger partial charge in [-0.3, -0.25) is 0 Å². The molecule has 0 fully saturated rings. The van der Waals surface area contributed by atoms with Crippen molar-refractivity contribution in [1.29, 1.82) is 0 Å². The molecule has 1 N–H and O–H groups in total. The maximum atomic E-state index is 8.59. The molecule has 5 nitrogen and oxygen atoms in total. The van der Waals surface area contributed by atoms with Crippen molar-refractivity contribution in [3.63, 3.8) is 0 Å². The van der Waals surface area contributed by atoms with Crippen LogP contribution in [0.25, 0.3) is 0 Å². The Labute approximate surface area is 180 Å². The standard InChI is InChI=1S/C24H50O5/c1-3-5-7-8-9-10-11-12-13-15-24(14-6-4-2)29-23-22-28-21-20-27-19-18-26-17-16-25/h24-25H,3-23H2,1-2H3. The second-order valence-electron chi connectivity index (χ2n) is 7.81. The summed E-state index contributed by atoms with van der Waals surface area (Å²) in [6.07, 6.45) is 17.6. The Morgan fingerprint density at radius 3 is 1.52 bits per heavy atom. The molecule has 0 amide bonds. The quantitative estimate of drug-likeness (QED) is 0.198. The number of aliphatic hydroxyl groups excluding tert-OH is 1. The third-order valence-corrected chi connectivity index (χ3v) is 5.07. The Morgan fingerprint density at radius 1 is 0.517 bits per heavy atom. The second-order valence-corrected chi connectivity index (χ2v) is 7.81. The molecule has 0 aromatic heterocycles. The van der Waals surface area contributed by atoms with Gasteiger partial charge in [0.15, 0.2) is 0 Å². The Morgan fingerprint density at radius 2 is 0.966 bits per heavy atom. The van der Waals surface area contributed by atoms with Crippen molar-refractivity contribution in [1.82, 2.24) is 0 Å². The highest BCUT2D eigenvalue weighted by Crippen LogP contribution is 2.15. The Balaban J connectivity index is 3.51. The monoisotopic (exact) mass is 418 g/mol. The van der Waals surface area contributed by atoms with Gasteiger partial charge < -0.3 is 24.1 Å². The van der Waals surface area contributed by atoms with E-state index in [9.17, 15) is 0 Å². The van der Waals surface area contributed by atoms with Gasteiger partial charge in [0.05, 0.1) is 59.0 Å². The van der Waals surface area contributed by atoms with Gasteiger partial charge in [0.25, 0.3) is 0 Å². The molecule has 1 unspecified atom stereocenters. The molecule has 0 aliphatic carbocycles. The molecule has 0 bridgehead atoms. The van der Waals surface area contributed by atoms with Crippen LogP contribution in [0.2, 0.25) is 0 Å². The van der Waals surface area contributed by atoms with Gasteiger partial charge in [0, 0.05) is 0 Å². The minimum Gasteiger partial charge on any atom is -0.394 e. The molecule has 1 atom stereocenters. The van der Waals surface area contributed by atoms with Gasteiger partial charge in [-0.1, -0.05) is 84.5 Å². The van der Waals surface area contributed by atoms with E-state index in [1.165, 1.54) is 83.5 Å². The van der Waals surface area contributed by atoms with Crippen molar-refractivity contribution in [2.45, 2.75) is 103 Å². The summed E-state index contributed by atoms with van der Waals surface area (Å²) in [5.41, 5.74) is 0. The summed E-state index contributed by atoms with van der Waals surface area (Å²) in [4.78, 5) is 0. The van der Waals surface area contributed by atoms with Crippen LogP contribution in [0.4, 0.5) is 0 Å². The number of unbranched alkanes of at least 4 members (excludes halogenated alkanes) is 9. The van der Waals surface area contributed by atoms with Gasteiger partial charge in [0.2, 0.25) is 0 Å². The summed E-state index contributed by atoms with van der Waals surface area (Å²) in [6.45, 7) is 8.46. The van der Waals surface area contributed by atoms with Crippen LogP contribution >= 0.6 is 0 Å². The summed E-state index contributed by atoms with van der Waals surface area (Å²) in [6, 6.07) is 0. The lowest BCUT2D eigenvalue weighted by Crippen LogP contribution is -2.18. The summed E-state index contributed by atoms with van der Waals surface area (Å²) in [7, 11) is 0. The summed E-state index contributed by atoms with van der Waals surface area (Å²) >= 11 is 0. The predicted molar refractivity (Wildman–Crippen MR) is 121 cm³/mol. The summed E-state index contributed by atoms with van der Waals surface area (Å²) in [5, 5.41) is 8.59. The zero-order chi connectivity index (χ0) is 21.3. The van der Waals surface area contributed by atoms with Crippen LogP contribution < -0.4 is 0 Å². The highest BCUT2D eigenvalue weighted by Gasteiger charge is 2.08. The second kappa shape index (κ2) is 25.8. The fourth-order valence-electron chi connectivity index (χ4n) is 3.31. The maximum absolute atomic E-state index is 8.59. The van der Waals surface area contributed by atoms with Gasteiger partial charge in [-0.2, -0.15) is 0 Å². The number of hydrogen-bond donors (Lipinski definition) is 1. The predicted octanol–water partition coefficient (Wildman–Crippen LogP) is 5.52. The molecule has 176 valence electrons. The van der Waals surface area contributed by atoms with E-state index >= 15 is 0 Å². The fourth-order valence-corrected chi connectivity index (χ4v) is 3.31. The number of ether oxygens (including phenoxy) is 4. The van der Waals surface area contributed by atoms with Gasteiger partial charge in [-0.15, -0.1) is 0 Å². The average molecular weight is 419 g/mol. The Bertz CT molecular complexity index is 288. The molecule has 29 heavy (non-hydrogen) atoms. The molecule has 0 aromatic rings. The SMILES string of the molecule is CCCCCCCCCCCC(CCCC)OCCOCCOCCOCCO. The van der Waals surface area contributed by atoms with Crippen molar-refractivity contribution >= 4 is 0 Å². The number of aliphatic hydroxyl groups is 1. The topological polar surface area (TPSA) is 57.2 Å². The van der Waals surface area contributed by atoms with E-state index in [2.05, 4.69) is 13.8 Å². The van der Waals surface area contributed by atoms with Crippen LogP contribution in [0.3, 0.4) is 0 Å². The first-order valence-corrected chi connectivity index (χ1v) is 12.3. The fraction of sp³-hybridized carbons (Fsp3) is 1.00. The third kappa shape index (κ3) is 23.9. The lowest BCUT2D eigenvalue weighted by Gasteiger charge is -2.18. The van der Waals surface area contributed by atoms with Crippen LogP contribution in [-0.4, -0.2) is 64.1 Å².